The summed E-state index contributed by atoms with van der Waals surface area (Å²) >= 11 is 4.95. The molecule has 0 atom stereocenters. The van der Waals surface area contributed by atoms with Gasteiger partial charge in [-0.25, -0.2) is 0 Å². The van der Waals surface area contributed by atoms with E-state index in [9.17, 15) is 5.26 Å². The summed E-state index contributed by atoms with van der Waals surface area (Å²) < 4.78 is 0. The fourth-order valence-corrected chi connectivity index (χ4v) is 4.77. The van der Waals surface area contributed by atoms with Crippen LogP contribution in [0.1, 0.15) is 30.9 Å². The molecular weight excluding hydrogens is 492 g/mol. The van der Waals surface area contributed by atoms with Crippen molar-refractivity contribution in [3.8, 4) is 18.2 Å². The largest absolute Gasteiger partial charge is 0.389 e. The van der Waals surface area contributed by atoms with Crippen molar-refractivity contribution >= 4 is 28.6 Å². The first-order valence-corrected chi connectivity index (χ1v) is 13.2. The molecule has 2 fully saturated rings. The van der Waals surface area contributed by atoms with E-state index >= 15 is 0 Å². The lowest BCUT2D eigenvalue weighted by Crippen LogP contribution is -2.31. The molecular formula is C29H34N8S. The molecule has 0 radical (unpaired) electrons. The van der Waals surface area contributed by atoms with Gasteiger partial charge in [0.05, 0.1) is 23.3 Å². The van der Waals surface area contributed by atoms with E-state index in [0.717, 1.165) is 75.7 Å². The van der Waals surface area contributed by atoms with Gasteiger partial charge in [-0.3, -0.25) is 0 Å². The lowest BCUT2D eigenvalue weighted by molar-refractivity contribution is 0.369. The Balaban J connectivity index is 0.000000230. The zero-order valence-electron chi connectivity index (χ0n) is 21.9. The average Bonchev–Trinajstić information content (AvgIpc) is 3.38. The van der Waals surface area contributed by atoms with Crippen LogP contribution in [-0.4, -0.2) is 62.2 Å². The topological polar surface area (TPSA) is 119 Å². The molecule has 38 heavy (non-hydrogen) atoms. The van der Waals surface area contributed by atoms with Crippen molar-refractivity contribution in [3.05, 3.63) is 70.9 Å². The van der Waals surface area contributed by atoms with Gasteiger partial charge in [0, 0.05) is 62.9 Å². The first-order valence-electron chi connectivity index (χ1n) is 12.8. The van der Waals surface area contributed by atoms with Gasteiger partial charge in [-0.15, -0.1) is 0 Å². The van der Waals surface area contributed by atoms with Crippen LogP contribution in [0, 0.1) is 34.0 Å². The number of thiocarbonyl (C=S) groups is 1. The van der Waals surface area contributed by atoms with Crippen LogP contribution in [0.25, 0.3) is 0 Å². The van der Waals surface area contributed by atoms with Gasteiger partial charge in [-0.2, -0.15) is 15.8 Å². The van der Waals surface area contributed by atoms with Crippen LogP contribution in [0.4, 0.5) is 11.4 Å². The molecule has 2 aromatic rings. The lowest BCUT2D eigenvalue weighted by Gasteiger charge is -2.26. The Hall–Kier alpha value is -4.10. The second-order valence-electron chi connectivity index (χ2n) is 9.17. The van der Waals surface area contributed by atoms with E-state index in [2.05, 4.69) is 38.2 Å². The van der Waals surface area contributed by atoms with Crippen molar-refractivity contribution in [2.24, 2.45) is 5.73 Å². The van der Waals surface area contributed by atoms with Gasteiger partial charge in [0.25, 0.3) is 0 Å². The van der Waals surface area contributed by atoms with E-state index in [1.165, 1.54) is 12.1 Å². The van der Waals surface area contributed by atoms with Crippen molar-refractivity contribution < 1.29 is 0 Å². The summed E-state index contributed by atoms with van der Waals surface area (Å²) in [5, 5.41) is 30.2. The molecule has 9 heteroatoms. The summed E-state index contributed by atoms with van der Waals surface area (Å²) in [6.07, 6.45) is 2.16. The van der Waals surface area contributed by atoms with Gasteiger partial charge >= 0.3 is 0 Å². The molecule has 2 aliphatic rings. The molecule has 0 saturated carbocycles. The van der Waals surface area contributed by atoms with Crippen LogP contribution in [0.2, 0.25) is 0 Å². The number of nitriles is 3. The number of hydrogen-bond acceptors (Lipinski definition) is 8. The van der Waals surface area contributed by atoms with Crippen molar-refractivity contribution in [2.45, 2.75) is 19.8 Å². The molecule has 0 amide bonds. The molecule has 0 spiro atoms. The Bertz CT molecular complexity index is 1220. The molecule has 2 heterocycles. The third-order valence-corrected chi connectivity index (χ3v) is 6.96. The summed E-state index contributed by atoms with van der Waals surface area (Å²) in [4.78, 5) is 6.97. The quantitative estimate of drug-likeness (QED) is 0.350. The van der Waals surface area contributed by atoms with Crippen LogP contribution < -0.4 is 20.9 Å². The third kappa shape index (κ3) is 7.95. The van der Waals surface area contributed by atoms with Gasteiger partial charge in [-0.05, 0) is 74.8 Å². The maximum atomic E-state index is 9.21. The van der Waals surface area contributed by atoms with Crippen LogP contribution in [0.15, 0.2) is 59.8 Å². The molecule has 0 unspecified atom stereocenters. The Kier molecular flexibility index (Phi) is 10.9. The number of nitrogens with zero attached hydrogens (tertiary/aromatic N) is 6. The SMILES string of the molecule is C/C(=C(\C#N)C(N)=S)N1CCCN(c2ccc(C#N)cc2)CC1.N#Cc1ccc(N2CCCNCC2)cc1. The van der Waals surface area contributed by atoms with E-state index in [4.69, 9.17) is 28.5 Å². The summed E-state index contributed by atoms with van der Waals surface area (Å²) in [6.45, 7) is 9.64. The Labute approximate surface area is 231 Å². The number of nitrogens with two attached hydrogens (primary N) is 1. The molecule has 0 aliphatic carbocycles. The zero-order chi connectivity index (χ0) is 27.3. The predicted molar refractivity (Wildman–Crippen MR) is 156 cm³/mol. The Morgan fingerprint density at radius 2 is 1.32 bits per heavy atom. The summed E-state index contributed by atoms with van der Waals surface area (Å²) in [5.41, 5.74) is 10.6. The van der Waals surface area contributed by atoms with Crippen molar-refractivity contribution in [1.82, 2.24) is 10.2 Å². The highest BCUT2D eigenvalue weighted by Crippen LogP contribution is 2.20. The summed E-state index contributed by atoms with van der Waals surface area (Å²) in [5.74, 6) is 0. The minimum absolute atomic E-state index is 0.151. The first-order chi connectivity index (χ1) is 18.5. The van der Waals surface area contributed by atoms with Gasteiger partial charge in [-0.1, -0.05) is 12.2 Å². The van der Waals surface area contributed by atoms with Crippen molar-refractivity contribution in [2.75, 3.05) is 62.2 Å². The maximum Gasteiger partial charge on any atom is 0.116 e. The number of allylic oxidation sites excluding steroid dienone is 1. The smallest absolute Gasteiger partial charge is 0.116 e. The van der Waals surface area contributed by atoms with Gasteiger partial charge in [0.1, 0.15) is 16.6 Å². The molecule has 2 saturated heterocycles. The van der Waals surface area contributed by atoms with E-state index in [1.54, 1.807) is 0 Å². The highest BCUT2D eigenvalue weighted by atomic mass is 32.1. The van der Waals surface area contributed by atoms with Crippen molar-refractivity contribution in [3.63, 3.8) is 0 Å². The number of nitrogens with one attached hydrogen (secondary N) is 1. The number of benzene rings is 2. The van der Waals surface area contributed by atoms with E-state index < -0.39 is 0 Å². The highest BCUT2D eigenvalue weighted by Gasteiger charge is 2.18. The number of rotatable bonds is 4. The predicted octanol–water partition coefficient (Wildman–Crippen LogP) is 3.51. The van der Waals surface area contributed by atoms with Crippen LogP contribution in [-0.2, 0) is 0 Å². The van der Waals surface area contributed by atoms with Crippen LogP contribution >= 0.6 is 12.2 Å². The molecule has 196 valence electrons. The molecule has 4 rings (SSSR count). The standard InChI is InChI=1S/C17H19N5S.C12H15N3/c1-13(16(12-19)17(20)23)21-7-2-8-22(10-9-21)15-5-3-14(11-18)4-6-15;13-10-11-2-4-12(5-3-11)15-8-1-6-14-7-9-15/h3-6H,2,7-10H2,1H3,(H2,20,23);2-5,14H,1,6-9H2/b16-13-;. The molecule has 0 aromatic heterocycles. The first kappa shape index (κ1) is 28.5. The number of hydrogen-bond donors (Lipinski definition) is 2. The van der Waals surface area contributed by atoms with E-state index in [0.29, 0.717) is 11.1 Å². The maximum absolute atomic E-state index is 9.21. The number of anilines is 2. The third-order valence-electron chi connectivity index (χ3n) is 6.75. The van der Waals surface area contributed by atoms with Crippen LogP contribution in [0.5, 0.6) is 0 Å². The highest BCUT2D eigenvalue weighted by molar-refractivity contribution is 7.80. The average molecular weight is 527 g/mol. The molecule has 2 aliphatic heterocycles. The Morgan fingerprint density at radius 3 is 1.84 bits per heavy atom. The summed E-state index contributed by atoms with van der Waals surface area (Å²) in [7, 11) is 0. The Morgan fingerprint density at radius 1 is 0.763 bits per heavy atom. The van der Waals surface area contributed by atoms with E-state index in [-0.39, 0.29) is 4.99 Å². The molecule has 0 bridgehead atoms. The van der Waals surface area contributed by atoms with Gasteiger partial charge < -0.3 is 25.8 Å². The lowest BCUT2D eigenvalue weighted by atomic mass is 10.2. The summed E-state index contributed by atoms with van der Waals surface area (Å²) in [6, 6.07) is 21.8. The van der Waals surface area contributed by atoms with Gasteiger partial charge in [0.15, 0.2) is 0 Å². The minimum atomic E-state index is 0.151. The fourth-order valence-electron chi connectivity index (χ4n) is 4.58. The molecule has 3 N–H and O–H groups in total. The fraction of sp³-hybridized carbons (Fsp3) is 0.379. The van der Waals surface area contributed by atoms with E-state index in [1.807, 2.05) is 55.5 Å². The zero-order valence-corrected chi connectivity index (χ0v) is 22.7. The molecule has 2 aromatic carbocycles. The second-order valence-corrected chi connectivity index (χ2v) is 9.61. The van der Waals surface area contributed by atoms with Crippen LogP contribution in [0.3, 0.4) is 0 Å². The molecule has 8 nitrogen and oxygen atoms in total. The monoisotopic (exact) mass is 526 g/mol. The van der Waals surface area contributed by atoms with Gasteiger partial charge in [0.2, 0.25) is 0 Å². The second kappa shape index (κ2) is 14.6. The normalized spacial score (nSPS) is 16.3. The van der Waals surface area contributed by atoms with Crippen molar-refractivity contribution in [1.29, 1.82) is 15.8 Å². The minimum Gasteiger partial charge on any atom is -0.389 e.